The predicted molar refractivity (Wildman–Crippen MR) is 113 cm³/mol. The minimum Gasteiger partial charge on any atom is -0.317 e. The fraction of sp³-hybridized carbons (Fsp3) is 0.182. The Labute approximate surface area is 168 Å². The molecule has 2 aromatic carbocycles. The Hall–Kier alpha value is -3.74. The summed E-state index contributed by atoms with van der Waals surface area (Å²) in [5.41, 5.74) is 8.46. The molecule has 7 nitrogen and oxygen atoms in total. The summed E-state index contributed by atoms with van der Waals surface area (Å²) in [4.78, 5) is 22.9. The van der Waals surface area contributed by atoms with E-state index in [4.69, 9.17) is 0 Å². The van der Waals surface area contributed by atoms with Crippen molar-refractivity contribution in [1.82, 2.24) is 9.99 Å². The van der Waals surface area contributed by atoms with Crippen LogP contribution in [0, 0.1) is 37.8 Å². The van der Waals surface area contributed by atoms with Gasteiger partial charge in [-0.2, -0.15) is 5.10 Å². The molecule has 0 spiro atoms. The molecule has 0 radical (unpaired) electrons. The molecule has 0 atom stereocenters. The lowest BCUT2D eigenvalue weighted by molar-refractivity contribution is -0.384. The molecule has 0 unspecified atom stereocenters. The SMILES string of the molecule is Cc1ccc(C(=O)N/N=C\c2cc(C)n(-c3cc([N+](=O)[O-])ccc3C)c2C)cc1. The molecule has 29 heavy (non-hydrogen) atoms. The van der Waals surface area contributed by atoms with Gasteiger partial charge in [-0.1, -0.05) is 23.8 Å². The second-order valence-electron chi connectivity index (χ2n) is 6.95. The highest BCUT2D eigenvalue weighted by Gasteiger charge is 2.15. The fourth-order valence-corrected chi connectivity index (χ4v) is 3.17. The predicted octanol–water partition coefficient (Wildman–Crippen LogP) is 4.38. The molecule has 0 aliphatic rings. The van der Waals surface area contributed by atoms with Gasteiger partial charge in [0.2, 0.25) is 0 Å². The van der Waals surface area contributed by atoms with E-state index < -0.39 is 4.92 Å². The molecule has 148 valence electrons. The number of amides is 1. The maximum Gasteiger partial charge on any atom is 0.271 e. The van der Waals surface area contributed by atoms with Crippen LogP contribution in [0.3, 0.4) is 0 Å². The van der Waals surface area contributed by atoms with Crippen LogP contribution in [-0.4, -0.2) is 21.6 Å². The largest absolute Gasteiger partial charge is 0.317 e. The van der Waals surface area contributed by atoms with E-state index in [1.807, 2.05) is 50.5 Å². The maximum atomic E-state index is 12.2. The van der Waals surface area contributed by atoms with E-state index in [0.29, 0.717) is 5.56 Å². The molecule has 0 aliphatic heterocycles. The number of rotatable bonds is 5. The molecule has 0 saturated heterocycles. The Morgan fingerprint density at radius 3 is 2.41 bits per heavy atom. The Balaban J connectivity index is 1.85. The molecule has 0 bridgehead atoms. The molecule has 1 amide bonds. The zero-order valence-electron chi connectivity index (χ0n) is 16.8. The number of nitrogens with one attached hydrogen (secondary N) is 1. The lowest BCUT2D eigenvalue weighted by Gasteiger charge is -2.12. The first kappa shape index (κ1) is 20.0. The molecular weight excluding hydrogens is 368 g/mol. The number of aryl methyl sites for hydroxylation is 3. The van der Waals surface area contributed by atoms with E-state index in [1.165, 1.54) is 6.07 Å². The van der Waals surface area contributed by atoms with E-state index in [0.717, 1.165) is 33.8 Å². The third-order valence-corrected chi connectivity index (χ3v) is 4.80. The standard InChI is InChI=1S/C22H22N4O3/c1-14-5-8-18(9-6-14)22(27)24-23-13-19-11-16(3)25(17(19)4)21-12-20(26(28)29)10-7-15(21)2/h5-13H,1-4H3,(H,24,27)/b23-13-. The van der Waals surface area contributed by atoms with E-state index >= 15 is 0 Å². The second-order valence-corrected chi connectivity index (χ2v) is 6.95. The molecule has 1 aromatic heterocycles. The van der Waals surface area contributed by atoms with Crippen LogP contribution in [0.15, 0.2) is 53.6 Å². The fourth-order valence-electron chi connectivity index (χ4n) is 3.17. The van der Waals surface area contributed by atoms with Crippen LogP contribution in [0.2, 0.25) is 0 Å². The van der Waals surface area contributed by atoms with E-state index in [2.05, 4.69) is 10.5 Å². The van der Waals surface area contributed by atoms with Crippen molar-refractivity contribution in [2.45, 2.75) is 27.7 Å². The van der Waals surface area contributed by atoms with Crippen molar-refractivity contribution >= 4 is 17.8 Å². The first-order valence-electron chi connectivity index (χ1n) is 9.12. The van der Waals surface area contributed by atoms with Crippen molar-refractivity contribution in [2.24, 2.45) is 5.10 Å². The van der Waals surface area contributed by atoms with Crippen molar-refractivity contribution in [2.75, 3.05) is 0 Å². The van der Waals surface area contributed by atoms with Crippen molar-refractivity contribution in [3.63, 3.8) is 0 Å². The van der Waals surface area contributed by atoms with Gasteiger partial charge < -0.3 is 4.57 Å². The highest BCUT2D eigenvalue weighted by atomic mass is 16.6. The molecule has 1 N–H and O–H groups in total. The lowest BCUT2D eigenvalue weighted by Crippen LogP contribution is -2.17. The molecule has 0 saturated carbocycles. The molecular formula is C22H22N4O3. The van der Waals surface area contributed by atoms with Crippen molar-refractivity contribution < 1.29 is 9.72 Å². The van der Waals surface area contributed by atoms with Crippen LogP contribution in [0.5, 0.6) is 0 Å². The average molecular weight is 390 g/mol. The Morgan fingerprint density at radius 1 is 1.07 bits per heavy atom. The number of non-ortho nitro benzene ring substituents is 1. The van der Waals surface area contributed by atoms with Crippen molar-refractivity contribution in [3.05, 3.63) is 92.3 Å². The van der Waals surface area contributed by atoms with Gasteiger partial charge in [-0.25, -0.2) is 5.43 Å². The van der Waals surface area contributed by atoms with Crippen LogP contribution in [0.25, 0.3) is 5.69 Å². The van der Waals surface area contributed by atoms with Crippen LogP contribution < -0.4 is 5.43 Å². The van der Waals surface area contributed by atoms with Crippen LogP contribution in [0.4, 0.5) is 5.69 Å². The number of nitro benzene ring substituents is 1. The van der Waals surface area contributed by atoms with Crippen LogP contribution in [-0.2, 0) is 0 Å². The topological polar surface area (TPSA) is 89.5 Å². The zero-order valence-corrected chi connectivity index (χ0v) is 16.8. The van der Waals surface area contributed by atoms with E-state index in [9.17, 15) is 14.9 Å². The summed E-state index contributed by atoms with van der Waals surface area (Å²) in [7, 11) is 0. The summed E-state index contributed by atoms with van der Waals surface area (Å²) in [6.07, 6.45) is 1.58. The summed E-state index contributed by atoms with van der Waals surface area (Å²) >= 11 is 0. The van der Waals surface area contributed by atoms with Gasteiger partial charge in [0, 0.05) is 34.6 Å². The number of nitrogens with zero attached hydrogens (tertiary/aromatic N) is 3. The summed E-state index contributed by atoms with van der Waals surface area (Å²) in [5.74, 6) is -0.287. The molecule has 7 heteroatoms. The van der Waals surface area contributed by atoms with E-state index in [-0.39, 0.29) is 11.6 Å². The number of nitro groups is 1. The number of benzene rings is 2. The first-order chi connectivity index (χ1) is 13.8. The van der Waals surface area contributed by atoms with Gasteiger partial charge in [-0.3, -0.25) is 14.9 Å². The molecule has 3 aromatic rings. The summed E-state index contributed by atoms with van der Waals surface area (Å²) in [6, 6.07) is 14.0. The van der Waals surface area contributed by atoms with Crippen LogP contribution >= 0.6 is 0 Å². The van der Waals surface area contributed by atoms with Gasteiger partial charge in [0.25, 0.3) is 11.6 Å². The van der Waals surface area contributed by atoms with Crippen LogP contribution in [0.1, 0.15) is 38.4 Å². The first-order valence-corrected chi connectivity index (χ1v) is 9.12. The second kappa shape index (κ2) is 8.10. The summed E-state index contributed by atoms with van der Waals surface area (Å²) in [6.45, 7) is 7.70. The number of hydrazone groups is 1. The third kappa shape index (κ3) is 4.24. The number of carbonyl (C=O) groups is 1. The third-order valence-electron chi connectivity index (χ3n) is 4.80. The van der Waals surface area contributed by atoms with E-state index in [1.54, 1.807) is 30.5 Å². The van der Waals surface area contributed by atoms with Gasteiger partial charge in [0.1, 0.15) is 0 Å². The van der Waals surface area contributed by atoms with Gasteiger partial charge in [0.15, 0.2) is 0 Å². The highest BCUT2D eigenvalue weighted by molar-refractivity contribution is 5.95. The van der Waals surface area contributed by atoms with Crippen molar-refractivity contribution in [1.29, 1.82) is 0 Å². The minimum atomic E-state index is -0.403. The molecule has 3 rings (SSSR count). The number of hydrogen-bond acceptors (Lipinski definition) is 4. The van der Waals surface area contributed by atoms with Gasteiger partial charge in [-0.15, -0.1) is 0 Å². The van der Waals surface area contributed by atoms with Crippen molar-refractivity contribution in [3.8, 4) is 5.69 Å². The molecule has 0 fully saturated rings. The summed E-state index contributed by atoms with van der Waals surface area (Å²) < 4.78 is 1.95. The molecule has 1 heterocycles. The number of aromatic nitrogens is 1. The number of hydrogen-bond donors (Lipinski definition) is 1. The smallest absolute Gasteiger partial charge is 0.271 e. The highest BCUT2D eigenvalue weighted by Crippen LogP contribution is 2.26. The number of carbonyl (C=O) groups excluding carboxylic acids is 1. The molecule has 0 aliphatic carbocycles. The summed E-state index contributed by atoms with van der Waals surface area (Å²) in [5, 5.41) is 15.2. The van der Waals surface area contributed by atoms with Gasteiger partial charge >= 0.3 is 0 Å². The maximum absolute atomic E-state index is 12.2. The normalized spacial score (nSPS) is 11.0. The zero-order chi connectivity index (χ0) is 21.1. The lowest BCUT2D eigenvalue weighted by atomic mass is 10.1. The monoisotopic (exact) mass is 390 g/mol. The Morgan fingerprint density at radius 2 is 1.76 bits per heavy atom. The Bertz CT molecular complexity index is 1110. The van der Waals surface area contributed by atoms with Gasteiger partial charge in [-0.05, 0) is 51.5 Å². The Kier molecular flexibility index (Phi) is 5.59. The minimum absolute atomic E-state index is 0.0404. The average Bonchev–Trinajstić information content (AvgIpc) is 2.96. The quantitative estimate of drug-likeness (QED) is 0.398. The van der Waals surface area contributed by atoms with Gasteiger partial charge in [0.05, 0.1) is 16.8 Å².